The summed E-state index contributed by atoms with van der Waals surface area (Å²) in [5.41, 5.74) is 3.27. The van der Waals surface area contributed by atoms with E-state index in [1.54, 1.807) is 18.2 Å². The number of hydrogen-bond acceptors (Lipinski definition) is 5. The first-order valence-corrected chi connectivity index (χ1v) is 7.62. The fourth-order valence-electron chi connectivity index (χ4n) is 2.68. The van der Waals surface area contributed by atoms with E-state index in [0.29, 0.717) is 29.4 Å². The summed E-state index contributed by atoms with van der Waals surface area (Å²) in [6, 6.07) is 5.04. The molecule has 0 saturated heterocycles. The van der Waals surface area contributed by atoms with Crippen LogP contribution in [0.25, 0.3) is 0 Å². The predicted molar refractivity (Wildman–Crippen MR) is 96.5 cm³/mol. The Morgan fingerprint density at radius 3 is 2.80 bits per heavy atom. The van der Waals surface area contributed by atoms with Crippen LogP contribution in [0.3, 0.4) is 0 Å². The molecular formula is C16H20ClN5O3. The molecule has 1 aliphatic heterocycles. The number of anilines is 2. The number of ether oxygens (including phenoxy) is 1. The second-order valence-corrected chi connectivity index (χ2v) is 5.51. The van der Waals surface area contributed by atoms with Gasteiger partial charge in [-0.3, -0.25) is 14.7 Å². The van der Waals surface area contributed by atoms with Gasteiger partial charge >= 0.3 is 0 Å². The summed E-state index contributed by atoms with van der Waals surface area (Å²) in [5.74, 6) is -0.0145. The highest BCUT2D eigenvalue weighted by atomic mass is 35.5. The summed E-state index contributed by atoms with van der Waals surface area (Å²) >= 11 is 0. The molecule has 1 aliphatic rings. The number of aromatic amines is 1. The molecule has 8 nitrogen and oxygen atoms in total. The molecule has 0 radical (unpaired) electrons. The highest BCUT2D eigenvalue weighted by Crippen LogP contribution is 2.28. The van der Waals surface area contributed by atoms with Crippen LogP contribution >= 0.6 is 12.4 Å². The number of fused-ring (bicyclic) bond motifs is 1. The number of halogens is 1. The third-order valence-corrected chi connectivity index (χ3v) is 3.79. The smallest absolute Gasteiger partial charge is 0.276 e. The quantitative estimate of drug-likeness (QED) is 0.659. The first kappa shape index (κ1) is 18.8. The number of amides is 2. The van der Waals surface area contributed by atoms with Gasteiger partial charge in [0.2, 0.25) is 5.91 Å². The van der Waals surface area contributed by atoms with Gasteiger partial charge in [0.1, 0.15) is 5.75 Å². The Morgan fingerprint density at radius 2 is 2.08 bits per heavy atom. The average molecular weight is 366 g/mol. The molecule has 0 aliphatic carbocycles. The zero-order chi connectivity index (χ0) is 17.1. The number of hydrogen-bond donors (Lipinski definition) is 4. The van der Waals surface area contributed by atoms with Crippen molar-refractivity contribution in [3.63, 3.8) is 0 Å². The molecule has 0 bridgehead atoms. The van der Waals surface area contributed by atoms with Crippen molar-refractivity contribution in [2.24, 2.45) is 0 Å². The van der Waals surface area contributed by atoms with Crippen LogP contribution < -0.4 is 20.7 Å². The van der Waals surface area contributed by atoms with E-state index in [1.807, 2.05) is 0 Å². The molecule has 1 aromatic carbocycles. The summed E-state index contributed by atoms with van der Waals surface area (Å²) in [6.07, 6.45) is 0.816. The highest BCUT2D eigenvalue weighted by molar-refractivity contribution is 6.05. The fraction of sp³-hybridized carbons (Fsp3) is 0.312. The topological polar surface area (TPSA) is 108 Å². The number of aromatic nitrogens is 2. The molecule has 2 heterocycles. The van der Waals surface area contributed by atoms with Crippen molar-refractivity contribution < 1.29 is 14.3 Å². The summed E-state index contributed by atoms with van der Waals surface area (Å²) in [5, 5.41) is 15.8. The molecule has 3 rings (SSSR count). The van der Waals surface area contributed by atoms with Crippen molar-refractivity contribution in [1.82, 2.24) is 15.5 Å². The lowest BCUT2D eigenvalue weighted by atomic mass is 10.1. The van der Waals surface area contributed by atoms with Crippen LogP contribution in [0.1, 0.15) is 28.7 Å². The molecule has 1 aromatic heterocycles. The van der Waals surface area contributed by atoms with Crippen LogP contribution in [0.4, 0.5) is 11.4 Å². The minimum atomic E-state index is -0.325. The second-order valence-electron chi connectivity index (χ2n) is 5.51. The van der Waals surface area contributed by atoms with E-state index in [0.717, 1.165) is 24.2 Å². The van der Waals surface area contributed by atoms with Crippen molar-refractivity contribution in [2.75, 3.05) is 24.3 Å². The van der Waals surface area contributed by atoms with E-state index in [1.165, 1.54) is 14.0 Å². The monoisotopic (exact) mass is 365 g/mol. The number of H-pyrrole nitrogens is 1. The van der Waals surface area contributed by atoms with Crippen molar-refractivity contribution >= 4 is 35.6 Å². The van der Waals surface area contributed by atoms with Crippen LogP contribution in [0, 0.1) is 0 Å². The third-order valence-electron chi connectivity index (χ3n) is 3.79. The standard InChI is InChI=1S/C16H19N5O3.ClH/c1-9(22)18-10-3-4-14(24-2)13(7-10)19-16(23)15-11-8-17-6-5-12(11)20-21-15;/h3-4,7,17H,5-6,8H2,1-2H3,(H,18,22)(H,19,23)(H,20,21);1H. The van der Waals surface area contributed by atoms with Gasteiger partial charge in [0.05, 0.1) is 12.8 Å². The van der Waals surface area contributed by atoms with Gasteiger partial charge in [-0.2, -0.15) is 5.10 Å². The van der Waals surface area contributed by atoms with Gasteiger partial charge in [-0.25, -0.2) is 0 Å². The summed E-state index contributed by atoms with van der Waals surface area (Å²) < 4.78 is 5.27. The Labute approximate surface area is 151 Å². The van der Waals surface area contributed by atoms with Crippen LogP contribution in [0.15, 0.2) is 18.2 Å². The van der Waals surface area contributed by atoms with Gasteiger partial charge in [-0.05, 0) is 18.2 Å². The number of carbonyl (C=O) groups is 2. The minimum absolute atomic E-state index is 0. The lowest BCUT2D eigenvalue weighted by Gasteiger charge is -2.14. The minimum Gasteiger partial charge on any atom is -0.495 e. The summed E-state index contributed by atoms with van der Waals surface area (Å²) in [7, 11) is 1.52. The van der Waals surface area contributed by atoms with E-state index in [2.05, 4.69) is 26.1 Å². The first-order chi connectivity index (χ1) is 11.6. The maximum absolute atomic E-state index is 12.6. The Bertz CT molecular complexity index is 790. The maximum Gasteiger partial charge on any atom is 0.276 e. The second kappa shape index (κ2) is 8.00. The predicted octanol–water partition coefficient (Wildman–Crippen LogP) is 1.70. The van der Waals surface area contributed by atoms with Crippen molar-refractivity contribution in [3.05, 3.63) is 35.2 Å². The fourth-order valence-corrected chi connectivity index (χ4v) is 2.68. The zero-order valence-corrected chi connectivity index (χ0v) is 14.8. The molecular weight excluding hydrogens is 346 g/mol. The van der Waals surface area contributed by atoms with Crippen LogP contribution in [0.5, 0.6) is 5.75 Å². The van der Waals surface area contributed by atoms with Gasteiger partial charge in [-0.1, -0.05) is 0 Å². The number of nitrogens with one attached hydrogen (secondary N) is 4. The van der Waals surface area contributed by atoms with E-state index >= 15 is 0 Å². The van der Waals surface area contributed by atoms with Crippen molar-refractivity contribution in [2.45, 2.75) is 19.9 Å². The molecule has 9 heteroatoms. The Kier molecular flexibility index (Phi) is 6.00. The number of benzene rings is 1. The van der Waals surface area contributed by atoms with Crippen LogP contribution in [-0.4, -0.2) is 35.7 Å². The molecule has 0 spiro atoms. The van der Waals surface area contributed by atoms with E-state index < -0.39 is 0 Å². The van der Waals surface area contributed by atoms with Crippen LogP contribution in [0.2, 0.25) is 0 Å². The summed E-state index contributed by atoms with van der Waals surface area (Å²) in [4.78, 5) is 23.8. The molecule has 2 aromatic rings. The van der Waals surface area contributed by atoms with Crippen molar-refractivity contribution in [3.8, 4) is 5.75 Å². The number of nitrogens with zero attached hydrogens (tertiary/aromatic N) is 1. The number of rotatable bonds is 4. The lowest BCUT2D eigenvalue weighted by Crippen LogP contribution is -2.25. The summed E-state index contributed by atoms with van der Waals surface area (Å²) in [6.45, 7) is 2.89. The van der Waals surface area contributed by atoms with Crippen molar-refractivity contribution in [1.29, 1.82) is 0 Å². The molecule has 25 heavy (non-hydrogen) atoms. The number of methoxy groups -OCH3 is 1. The third kappa shape index (κ3) is 4.09. The van der Waals surface area contributed by atoms with Gasteiger partial charge in [0.15, 0.2) is 5.69 Å². The lowest BCUT2D eigenvalue weighted by molar-refractivity contribution is -0.114. The van der Waals surface area contributed by atoms with Gasteiger partial charge < -0.3 is 20.7 Å². The zero-order valence-electron chi connectivity index (χ0n) is 13.9. The van der Waals surface area contributed by atoms with Gasteiger partial charge in [0, 0.05) is 43.4 Å². The first-order valence-electron chi connectivity index (χ1n) is 7.62. The Balaban J connectivity index is 0.00000225. The van der Waals surface area contributed by atoms with E-state index in [-0.39, 0.29) is 24.2 Å². The van der Waals surface area contributed by atoms with Gasteiger partial charge in [-0.15, -0.1) is 12.4 Å². The Hall–Kier alpha value is -2.58. The average Bonchev–Trinajstić information content (AvgIpc) is 2.98. The molecule has 0 saturated carbocycles. The number of carbonyl (C=O) groups excluding carboxylic acids is 2. The van der Waals surface area contributed by atoms with E-state index in [9.17, 15) is 9.59 Å². The normalized spacial score (nSPS) is 12.6. The molecule has 0 atom stereocenters. The molecule has 0 unspecified atom stereocenters. The molecule has 4 N–H and O–H groups in total. The van der Waals surface area contributed by atoms with Gasteiger partial charge in [0.25, 0.3) is 5.91 Å². The largest absolute Gasteiger partial charge is 0.495 e. The van der Waals surface area contributed by atoms with Crippen LogP contribution in [-0.2, 0) is 17.8 Å². The molecule has 0 fully saturated rings. The Morgan fingerprint density at radius 1 is 1.28 bits per heavy atom. The maximum atomic E-state index is 12.6. The highest BCUT2D eigenvalue weighted by Gasteiger charge is 2.22. The van der Waals surface area contributed by atoms with E-state index in [4.69, 9.17) is 4.74 Å². The molecule has 2 amide bonds. The SMILES string of the molecule is COc1ccc(NC(C)=O)cc1NC(=O)c1n[nH]c2c1CNCC2.Cl. The molecule has 134 valence electrons.